The van der Waals surface area contributed by atoms with Gasteiger partial charge in [0.25, 0.3) is 10.0 Å². The summed E-state index contributed by atoms with van der Waals surface area (Å²) in [6.07, 6.45) is 0.217. The second-order valence-electron chi connectivity index (χ2n) is 9.42. The van der Waals surface area contributed by atoms with Crippen molar-refractivity contribution in [3.05, 3.63) is 129 Å². The Balaban J connectivity index is 1.81. The number of nitrogens with zero attached hydrogens (tertiary/aromatic N) is 2. The van der Waals surface area contributed by atoms with Crippen LogP contribution in [-0.4, -0.2) is 44.8 Å². The lowest BCUT2D eigenvalue weighted by Crippen LogP contribution is -2.53. The first kappa shape index (κ1) is 31.6. The number of nitrogens with one attached hydrogen (secondary N) is 1. The topological polar surface area (TPSA) is 86.8 Å². The molecule has 42 heavy (non-hydrogen) atoms. The molecule has 2 amide bonds. The molecule has 4 aromatic carbocycles. The van der Waals surface area contributed by atoms with Crippen molar-refractivity contribution in [1.29, 1.82) is 0 Å². The van der Waals surface area contributed by atoms with Gasteiger partial charge in [0.2, 0.25) is 11.8 Å². The standard InChI is InChI=1S/C31H28BrCl2N3O4S/c1-35-31(39)29(16-22-9-4-2-5-10-22)36(20-23-11-8-12-24(32)15-23)30(38)21-37(27-18-25(33)17-26(34)19-27)42(40,41)28-13-6-3-7-14-28/h2-15,17-19,29H,16,20-21H2,1H3,(H,35,39)/t29-/m0/s1. The molecule has 1 N–H and O–H groups in total. The zero-order valence-electron chi connectivity index (χ0n) is 22.6. The van der Waals surface area contributed by atoms with Crippen LogP contribution >= 0.6 is 39.1 Å². The summed E-state index contributed by atoms with van der Waals surface area (Å²) in [5.74, 6) is -0.972. The van der Waals surface area contributed by atoms with Crippen LogP contribution < -0.4 is 9.62 Å². The Morgan fingerprint density at radius 3 is 2.02 bits per heavy atom. The minimum absolute atomic E-state index is 0.0143. The normalized spacial score (nSPS) is 11.9. The first-order chi connectivity index (χ1) is 20.1. The highest BCUT2D eigenvalue weighted by atomic mass is 79.9. The van der Waals surface area contributed by atoms with Gasteiger partial charge in [-0.1, -0.05) is 99.8 Å². The predicted molar refractivity (Wildman–Crippen MR) is 170 cm³/mol. The molecule has 0 aliphatic carbocycles. The van der Waals surface area contributed by atoms with Crippen LogP contribution in [0, 0.1) is 0 Å². The van der Waals surface area contributed by atoms with E-state index in [1.807, 2.05) is 54.6 Å². The molecule has 0 aromatic heterocycles. The summed E-state index contributed by atoms with van der Waals surface area (Å²) in [7, 11) is -2.74. The van der Waals surface area contributed by atoms with Gasteiger partial charge in [-0.2, -0.15) is 0 Å². The van der Waals surface area contributed by atoms with Gasteiger partial charge in [0.05, 0.1) is 10.6 Å². The van der Waals surface area contributed by atoms with Crippen LogP contribution in [0.1, 0.15) is 11.1 Å². The molecule has 0 spiro atoms. The first-order valence-electron chi connectivity index (χ1n) is 12.9. The monoisotopic (exact) mass is 687 g/mol. The van der Waals surface area contributed by atoms with E-state index in [0.29, 0.717) is 0 Å². The van der Waals surface area contributed by atoms with Crippen molar-refractivity contribution in [3.8, 4) is 0 Å². The van der Waals surface area contributed by atoms with Gasteiger partial charge in [-0.15, -0.1) is 0 Å². The Hall–Kier alpha value is -3.37. The van der Waals surface area contributed by atoms with Gasteiger partial charge in [0.1, 0.15) is 12.6 Å². The number of hydrogen-bond acceptors (Lipinski definition) is 4. The van der Waals surface area contributed by atoms with E-state index < -0.39 is 28.5 Å². The van der Waals surface area contributed by atoms with E-state index >= 15 is 0 Å². The molecule has 7 nitrogen and oxygen atoms in total. The number of rotatable bonds is 11. The smallest absolute Gasteiger partial charge is 0.264 e. The Kier molecular flexibility index (Phi) is 10.7. The molecule has 0 radical (unpaired) electrons. The van der Waals surface area contributed by atoms with Crippen LogP contribution in [0.2, 0.25) is 10.0 Å². The molecule has 4 aromatic rings. The maximum absolute atomic E-state index is 14.3. The number of halogens is 3. The summed E-state index contributed by atoms with van der Waals surface area (Å²) >= 11 is 16.0. The fourth-order valence-corrected chi connectivity index (χ4v) is 6.86. The Morgan fingerprint density at radius 2 is 1.43 bits per heavy atom. The molecule has 218 valence electrons. The first-order valence-corrected chi connectivity index (χ1v) is 15.9. The van der Waals surface area contributed by atoms with Crippen molar-refractivity contribution in [3.63, 3.8) is 0 Å². The number of anilines is 1. The molecule has 0 aliphatic rings. The minimum Gasteiger partial charge on any atom is -0.357 e. The van der Waals surface area contributed by atoms with Gasteiger partial charge >= 0.3 is 0 Å². The van der Waals surface area contributed by atoms with Crippen LogP contribution in [0.25, 0.3) is 0 Å². The van der Waals surface area contributed by atoms with Gasteiger partial charge in [-0.3, -0.25) is 13.9 Å². The molecule has 0 aliphatic heterocycles. The third-order valence-electron chi connectivity index (χ3n) is 6.50. The number of hydrogen-bond donors (Lipinski definition) is 1. The van der Waals surface area contributed by atoms with E-state index in [9.17, 15) is 18.0 Å². The second-order valence-corrected chi connectivity index (χ2v) is 13.1. The van der Waals surface area contributed by atoms with Crippen molar-refractivity contribution in [2.75, 3.05) is 17.9 Å². The van der Waals surface area contributed by atoms with Crippen molar-refractivity contribution >= 4 is 66.7 Å². The second kappa shape index (κ2) is 14.2. The van der Waals surface area contributed by atoms with Crippen molar-refractivity contribution in [2.45, 2.75) is 23.9 Å². The highest BCUT2D eigenvalue weighted by molar-refractivity contribution is 9.10. The molecule has 4 rings (SSSR count). The van der Waals surface area contributed by atoms with Crippen LogP contribution in [0.5, 0.6) is 0 Å². The molecule has 0 unspecified atom stereocenters. The summed E-state index contributed by atoms with van der Waals surface area (Å²) < 4.78 is 29.7. The lowest BCUT2D eigenvalue weighted by molar-refractivity contribution is -0.139. The molecule has 1 atom stereocenters. The zero-order chi connectivity index (χ0) is 30.3. The van der Waals surface area contributed by atoms with Gasteiger partial charge in [0, 0.05) is 34.5 Å². The lowest BCUT2D eigenvalue weighted by Gasteiger charge is -2.33. The average molecular weight is 689 g/mol. The third-order valence-corrected chi connectivity index (χ3v) is 9.22. The van der Waals surface area contributed by atoms with Crippen LogP contribution in [0.3, 0.4) is 0 Å². The van der Waals surface area contributed by atoms with Crippen molar-refractivity contribution < 1.29 is 18.0 Å². The number of likely N-dealkylation sites (N-methyl/N-ethyl adjacent to an activating group) is 1. The SMILES string of the molecule is CNC(=O)[C@H](Cc1ccccc1)N(Cc1cccc(Br)c1)C(=O)CN(c1cc(Cl)cc(Cl)c1)S(=O)(=O)c1ccccc1. The van der Waals surface area contributed by atoms with E-state index in [2.05, 4.69) is 21.2 Å². The van der Waals surface area contributed by atoms with Crippen LogP contribution in [0.4, 0.5) is 5.69 Å². The highest BCUT2D eigenvalue weighted by Crippen LogP contribution is 2.30. The largest absolute Gasteiger partial charge is 0.357 e. The van der Waals surface area contributed by atoms with Gasteiger partial charge in [-0.25, -0.2) is 8.42 Å². The van der Waals surface area contributed by atoms with E-state index in [1.165, 1.54) is 42.3 Å². The average Bonchev–Trinajstić information content (AvgIpc) is 2.97. The van der Waals surface area contributed by atoms with Gasteiger partial charge in [-0.05, 0) is 53.6 Å². The summed E-state index contributed by atoms with van der Waals surface area (Å²) in [5, 5.41) is 3.08. The van der Waals surface area contributed by atoms with Crippen molar-refractivity contribution in [1.82, 2.24) is 10.2 Å². The highest BCUT2D eigenvalue weighted by Gasteiger charge is 2.34. The number of amides is 2. The maximum atomic E-state index is 14.3. The van der Waals surface area contributed by atoms with Gasteiger partial charge < -0.3 is 10.2 Å². The molecule has 0 fully saturated rings. The third kappa shape index (κ3) is 7.92. The van der Waals surface area contributed by atoms with E-state index in [1.54, 1.807) is 18.2 Å². The summed E-state index contributed by atoms with van der Waals surface area (Å²) in [5.41, 5.74) is 1.71. The summed E-state index contributed by atoms with van der Waals surface area (Å²) in [6.45, 7) is -0.553. The molecule has 11 heteroatoms. The molecule has 0 saturated heterocycles. The Morgan fingerprint density at radius 1 is 0.833 bits per heavy atom. The zero-order valence-corrected chi connectivity index (χ0v) is 26.5. The predicted octanol–water partition coefficient (Wildman–Crippen LogP) is 6.34. The number of carbonyl (C=O) groups is 2. The number of sulfonamides is 1. The van der Waals surface area contributed by atoms with Gasteiger partial charge in [0.15, 0.2) is 0 Å². The van der Waals surface area contributed by atoms with Crippen LogP contribution in [0.15, 0.2) is 112 Å². The minimum atomic E-state index is -4.25. The number of carbonyl (C=O) groups excluding carboxylic acids is 2. The molecule has 0 saturated carbocycles. The van der Waals surface area contributed by atoms with E-state index in [4.69, 9.17) is 23.2 Å². The Bertz CT molecular complexity index is 1640. The fraction of sp³-hybridized carbons (Fsp3) is 0.161. The maximum Gasteiger partial charge on any atom is 0.264 e. The van der Waals surface area contributed by atoms with E-state index in [-0.39, 0.29) is 39.5 Å². The fourth-order valence-electron chi connectivity index (χ4n) is 4.48. The number of benzene rings is 4. The lowest BCUT2D eigenvalue weighted by atomic mass is 10.0. The molecule has 0 bridgehead atoms. The van der Waals surface area contributed by atoms with E-state index in [0.717, 1.165) is 19.9 Å². The summed E-state index contributed by atoms with van der Waals surface area (Å²) in [6, 6.07) is 27.9. The van der Waals surface area contributed by atoms with Crippen molar-refractivity contribution in [2.24, 2.45) is 0 Å². The van der Waals surface area contributed by atoms with Crippen LogP contribution in [-0.2, 0) is 32.6 Å². The molecule has 0 heterocycles. The molecular formula is C31H28BrCl2N3O4S. The summed E-state index contributed by atoms with van der Waals surface area (Å²) in [4.78, 5) is 29.0. The Labute approximate surface area is 264 Å². The molecular weight excluding hydrogens is 661 g/mol. The quantitative estimate of drug-likeness (QED) is 0.199.